The number of fused-ring (bicyclic) bond motifs is 1. The van der Waals surface area contributed by atoms with Crippen molar-refractivity contribution in [2.45, 2.75) is 4.90 Å². The molecule has 0 saturated carbocycles. The topological polar surface area (TPSA) is 20.2 Å². The van der Waals surface area contributed by atoms with Gasteiger partial charge in [-0.3, -0.25) is 0 Å². The second-order valence-corrected chi connectivity index (χ2v) is 3.80. The van der Waals surface area contributed by atoms with Crippen molar-refractivity contribution in [3.8, 4) is 0 Å². The fourth-order valence-electron chi connectivity index (χ4n) is 1.25. The van der Waals surface area contributed by atoms with Crippen LogP contribution in [-0.4, -0.2) is 17.5 Å². The average molecular weight is 178 g/mol. The van der Waals surface area contributed by atoms with Crippen molar-refractivity contribution in [1.29, 1.82) is 0 Å². The molecule has 0 bridgehead atoms. The first-order chi connectivity index (χ1) is 5.90. The van der Waals surface area contributed by atoms with Crippen LogP contribution < -0.4 is 0 Å². The van der Waals surface area contributed by atoms with Crippen molar-refractivity contribution in [1.82, 2.24) is 0 Å². The molecule has 1 heterocycles. The predicted molar refractivity (Wildman–Crippen MR) is 52.2 cm³/mol. The molecule has 0 aromatic heterocycles. The van der Waals surface area contributed by atoms with Crippen LogP contribution in [0.2, 0.25) is 0 Å². The SMILES string of the molecule is OCC1=Cc2ccccc2SC1. The maximum atomic E-state index is 8.93. The molecule has 1 aromatic carbocycles. The first-order valence-electron chi connectivity index (χ1n) is 3.92. The minimum atomic E-state index is 0.182. The normalized spacial score (nSPS) is 15.2. The average Bonchev–Trinajstić information content (AvgIpc) is 2.17. The summed E-state index contributed by atoms with van der Waals surface area (Å²) >= 11 is 1.79. The van der Waals surface area contributed by atoms with Gasteiger partial charge in [-0.25, -0.2) is 0 Å². The van der Waals surface area contributed by atoms with E-state index < -0.39 is 0 Å². The smallest absolute Gasteiger partial charge is 0.0653 e. The van der Waals surface area contributed by atoms with Gasteiger partial charge in [0.05, 0.1) is 6.61 Å². The number of rotatable bonds is 1. The quantitative estimate of drug-likeness (QED) is 0.711. The zero-order valence-electron chi connectivity index (χ0n) is 6.66. The zero-order valence-corrected chi connectivity index (χ0v) is 7.47. The Labute approximate surface area is 76.1 Å². The summed E-state index contributed by atoms with van der Waals surface area (Å²) in [5, 5.41) is 8.93. The minimum absolute atomic E-state index is 0.182. The molecule has 62 valence electrons. The van der Waals surface area contributed by atoms with Gasteiger partial charge in [0.1, 0.15) is 0 Å². The van der Waals surface area contributed by atoms with Crippen LogP contribution in [0.3, 0.4) is 0 Å². The molecular weight excluding hydrogens is 168 g/mol. The Morgan fingerprint density at radius 1 is 1.33 bits per heavy atom. The van der Waals surface area contributed by atoms with Gasteiger partial charge in [0.25, 0.3) is 0 Å². The zero-order chi connectivity index (χ0) is 8.39. The molecule has 0 saturated heterocycles. The number of benzene rings is 1. The first-order valence-corrected chi connectivity index (χ1v) is 4.91. The maximum absolute atomic E-state index is 8.93. The summed E-state index contributed by atoms with van der Waals surface area (Å²) in [4.78, 5) is 1.31. The third-order valence-electron chi connectivity index (χ3n) is 1.89. The van der Waals surface area contributed by atoms with Crippen molar-refractivity contribution in [3.05, 3.63) is 35.4 Å². The van der Waals surface area contributed by atoms with Crippen molar-refractivity contribution in [2.75, 3.05) is 12.4 Å². The molecule has 0 spiro atoms. The van der Waals surface area contributed by atoms with E-state index in [-0.39, 0.29) is 6.61 Å². The maximum Gasteiger partial charge on any atom is 0.0653 e. The van der Waals surface area contributed by atoms with E-state index in [2.05, 4.69) is 18.2 Å². The van der Waals surface area contributed by atoms with Gasteiger partial charge in [0, 0.05) is 10.6 Å². The molecule has 1 nitrogen and oxygen atoms in total. The molecule has 2 heteroatoms. The summed E-state index contributed by atoms with van der Waals surface area (Å²) in [6.45, 7) is 0.182. The number of aliphatic hydroxyl groups is 1. The lowest BCUT2D eigenvalue weighted by Crippen LogP contribution is -1.99. The van der Waals surface area contributed by atoms with Crippen LogP contribution in [0.15, 0.2) is 34.7 Å². The van der Waals surface area contributed by atoms with Gasteiger partial charge in [-0.1, -0.05) is 24.3 Å². The molecule has 1 N–H and O–H groups in total. The molecule has 1 aliphatic heterocycles. The molecule has 12 heavy (non-hydrogen) atoms. The van der Waals surface area contributed by atoms with Crippen LogP contribution in [0.5, 0.6) is 0 Å². The van der Waals surface area contributed by atoms with E-state index in [0.717, 1.165) is 11.3 Å². The summed E-state index contributed by atoms with van der Waals surface area (Å²) in [6, 6.07) is 8.27. The Morgan fingerprint density at radius 2 is 2.17 bits per heavy atom. The predicted octanol–water partition coefficient (Wildman–Crippen LogP) is 2.17. The van der Waals surface area contributed by atoms with Gasteiger partial charge in [-0.2, -0.15) is 0 Å². The van der Waals surface area contributed by atoms with Crippen molar-refractivity contribution in [3.63, 3.8) is 0 Å². The molecule has 1 aliphatic rings. The number of hydrogen-bond acceptors (Lipinski definition) is 2. The van der Waals surface area contributed by atoms with Gasteiger partial charge < -0.3 is 5.11 Å². The Morgan fingerprint density at radius 3 is 3.00 bits per heavy atom. The second kappa shape index (κ2) is 3.33. The van der Waals surface area contributed by atoms with E-state index in [4.69, 9.17) is 5.11 Å². The van der Waals surface area contributed by atoms with Gasteiger partial charge in [0.15, 0.2) is 0 Å². The highest BCUT2D eigenvalue weighted by Crippen LogP contribution is 2.30. The highest BCUT2D eigenvalue weighted by molar-refractivity contribution is 7.99. The summed E-state index contributed by atoms with van der Waals surface area (Å²) in [7, 11) is 0. The summed E-state index contributed by atoms with van der Waals surface area (Å²) in [5.41, 5.74) is 2.34. The molecule has 1 aromatic rings. The number of hydrogen-bond donors (Lipinski definition) is 1. The van der Waals surface area contributed by atoms with E-state index in [1.165, 1.54) is 10.5 Å². The van der Waals surface area contributed by atoms with Crippen LogP contribution in [0.25, 0.3) is 6.08 Å². The molecule has 0 atom stereocenters. The molecule has 0 amide bonds. The third-order valence-corrected chi connectivity index (χ3v) is 3.09. The third kappa shape index (κ3) is 1.40. The number of aliphatic hydroxyl groups excluding tert-OH is 1. The molecule has 0 unspecified atom stereocenters. The van der Waals surface area contributed by atoms with E-state index in [1.807, 2.05) is 12.1 Å². The molecule has 2 rings (SSSR count). The lowest BCUT2D eigenvalue weighted by molar-refractivity contribution is 0.333. The molecule has 0 fully saturated rings. The van der Waals surface area contributed by atoms with E-state index in [9.17, 15) is 0 Å². The van der Waals surface area contributed by atoms with Gasteiger partial charge in [-0.15, -0.1) is 11.8 Å². The van der Waals surface area contributed by atoms with Crippen LogP contribution in [0, 0.1) is 0 Å². The highest BCUT2D eigenvalue weighted by atomic mass is 32.2. The Bertz CT molecular complexity index is 317. The van der Waals surface area contributed by atoms with Crippen LogP contribution in [0.4, 0.5) is 0 Å². The van der Waals surface area contributed by atoms with E-state index >= 15 is 0 Å². The van der Waals surface area contributed by atoms with Crippen molar-refractivity contribution < 1.29 is 5.11 Å². The first kappa shape index (κ1) is 7.90. The van der Waals surface area contributed by atoms with Crippen LogP contribution in [-0.2, 0) is 0 Å². The summed E-state index contributed by atoms with van der Waals surface area (Å²) in [6.07, 6.45) is 2.08. The van der Waals surface area contributed by atoms with Crippen LogP contribution >= 0.6 is 11.8 Å². The second-order valence-electron chi connectivity index (χ2n) is 2.79. The van der Waals surface area contributed by atoms with Crippen LogP contribution in [0.1, 0.15) is 5.56 Å². The molecule has 0 aliphatic carbocycles. The summed E-state index contributed by atoms with van der Waals surface area (Å²) < 4.78 is 0. The van der Waals surface area contributed by atoms with E-state index in [0.29, 0.717) is 0 Å². The number of thioether (sulfide) groups is 1. The Hall–Kier alpha value is -0.730. The Balaban J connectivity index is 2.41. The van der Waals surface area contributed by atoms with Gasteiger partial charge in [-0.05, 0) is 17.2 Å². The standard InChI is InChI=1S/C10H10OS/c11-6-8-5-9-3-1-2-4-10(9)12-7-8/h1-5,11H,6-7H2. The monoisotopic (exact) mass is 178 g/mol. The lowest BCUT2D eigenvalue weighted by atomic mass is 10.1. The lowest BCUT2D eigenvalue weighted by Gasteiger charge is -2.13. The van der Waals surface area contributed by atoms with Gasteiger partial charge >= 0.3 is 0 Å². The van der Waals surface area contributed by atoms with Gasteiger partial charge in [0.2, 0.25) is 0 Å². The fraction of sp³-hybridized carbons (Fsp3) is 0.200. The summed E-state index contributed by atoms with van der Waals surface area (Å²) in [5.74, 6) is 0.924. The molecule has 0 radical (unpaired) electrons. The Kier molecular flexibility index (Phi) is 2.19. The van der Waals surface area contributed by atoms with Crippen molar-refractivity contribution >= 4 is 17.8 Å². The van der Waals surface area contributed by atoms with Crippen molar-refractivity contribution in [2.24, 2.45) is 0 Å². The highest BCUT2D eigenvalue weighted by Gasteiger charge is 2.08. The van der Waals surface area contributed by atoms with E-state index in [1.54, 1.807) is 11.8 Å². The molecular formula is C10H10OS. The largest absolute Gasteiger partial charge is 0.392 e. The minimum Gasteiger partial charge on any atom is -0.392 e. The fourth-order valence-corrected chi connectivity index (χ4v) is 2.24.